The molecule has 5 heteroatoms. The van der Waals surface area contributed by atoms with Crippen LogP contribution in [0.3, 0.4) is 0 Å². The molecule has 0 aliphatic carbocycles. The zero-order valence-electron chi connectivity index (χ0n) is 8.06. The maximum atomic E-state index is 9.49. The van der Waals surface area contributed by atoms with Gasteiger partial charge < -0.3 is 15.3 Å². The van der Waals surface area contributed by atoms with Crippen molar-refractivity contribution < 1.29 is 15.3 Å². The molecule has 1 aromatic heterocycles. The molecule has 4 nitrogen and oxygen atoms in total. The van der Waals surface area contributed by atoms with Crippen molar-refractivity contribution in [2.45, 2.75) is 26.6 Å². The number of halogens is 1. The lowest BCUT2D eigenvalue weighted by Crippen LogP contribution is -2.01. The maximum absolute atomic E-state index is 9.49. The van der Waals surface area contributed by atoms with Crippen LogP contribution in [0.1, 0.15) is 29.8 Å². The number of hydrogen-bond donors (Lipinski definition) is 3. The highest BCUT2D eigenvalue weighted by Gasteiger charge is 2.13. The molecule has 14 heavy (non-hydrogen) atoms. The van der Waals surface area contributed by atoms with Gasteiger partial charge in [0.1, 0.15) is 5.75 Å². The number of pyridine rings is 1. The summed E-state index contributed by atoms with van der Waals surface area (Å²) in [7, 11) is 0. The Morgan fingerprint density at radius 3 is 2.50 bits per heavy atom. The molecule has 1 aromatic rings. The number of rotatable bonds is 2. The molecule has 0 saturated carbocycles. The first kappa shape index (κ1) is 13.2. The monoisotopic (exact) mass is 219 g/mol. The van der Waals surface area contributed by atoms with Crippen LogP contribution in [0.4, 0.5) is 0 Å². The second-order valence-electron chi connectivity index (χ2n) is 2.96. The Hall–Kier alpha value is -0.840. The van der Waals surface area contributed by atoms with Gasteiger partial charge in [0.25, 0.3) is 0 Å². The second-order valence-corrected chi connectivity index (χ2v) is 2.96. The van der Waals surface area contributed by atoms with Gasteiger partial charge in [0.05, 0.1) is 18.4 Å². The second kappa shape index (κ2) is 5.14. The van der Waals surface area contributed by atoms with Crippen LogP contribution in [0.5, 0.6) is 5.75 Å². The normalized spacial score (nSPS) is 12.0. The van der Waals surface area contributed by atoms with E-state index in [1.54, 1.807) is 13.8 Å². The molecule has 0 amide bonds. The van der Waals surface area contributed by atoms with E-state index in [1.807, 2.05) is 0 Å². The summed E-state index contributed by atoms with van der Waals surface area (Å²) in [4.78, 5) is 3.89. The SMILES string of the molecule is Cc1ncc(C(C)O)c(CO)c1O.Cl. The molecule has 0 aromatic carbocycles. The quantitative estimate of drug-likeness (QED) is 0.696. The molecule has 80 valence electrons. The third-order valence-corrected chi connectivity index (χ3v) is 1.98. The van der Waals surface area contributed by atoms with Gasteiger partial charge in [-0.25, -0.2) is 0 Å². The molecule has 3 N–H and O–H groups in total. The summed E-state index contributed by atoms with van der Waals surface area (Å²) in [5.74, 6) is -0.0408. The minimum Gasteiger partial charge on any atom is -0.506 e. The Morgan fingerprint density at radius 2 is 2.07 bits per heavy atom. The molecule has 0 fully saturated rings. The molecule has 0 aliphatic heterocycles. The summed E-state index contributed by atoms with van der Waals surface area (Å²) < 4.78 is 0. The fourth-order valence-electron chi connectivity index (χ4n) is 1.19. The van der Waals surface area contributed by atoms with E-state index in [1.165, 1.54) is 6.20 Å². The zero-order valence-corrected chi connectivity index (χ0v) is 8.88. The van der Waals surface area contributed by atoms with Gasteiger partial charge in [-0.15, -0.1) is 12.4 Å². The van der Waals surface area contributed by atoms with Crippen molar-refractivity contribution in [1.82, 2.24) is 4.98 Å². The van der Waals surface area contributed by atoms with Gasteiger partial charge in [0, 0.05) is 17.3 Å². The summed E-state index contributed by atoms with van der Waals surface area (Å²) in [6, 6.07) is 0. The van der Waals surface area contributed by atoms with E-state index in [9.17, 15) is 10.2 Å². The Bertz CT molecular complexity index is 315. The summed E-state index contributed by atoms with van der Waals surface area (Å²) >= 11 is 0. The van der Waals surface area contributed by atoms with Gasteiger partial charge in [-0.2, -0.15) is 0 Å². The molecule has 0 aliphatic rings. The van der Waals surface area contributed by atoms with E-state index in [2.05, 4.69) is 4.98 Å². The molecule has 0 bridgehead atoms. The molecule has 0 radical (unpaired) electrons. The first-order valence-electron chi connectivity index (χ1n) is 4.04. The van der Waals surface area contributed by atoms with E-state index in [-0.39, 0.29) is 24.8 Å². The van der Waals surface area contributed by atoms with Crippen LogP contribution < -0.4 is 0 Å². The smallest absolute Gasteiger partial charge is 0.142 e. The minimum atomic E-state index is -0.735. The van der Waals surface area contributed by atoms with Crippen LogP contribution in [0.2, 0.25) is 0 Å². The lowest BCUT2D eigenvalue weighted by Gasteiger charge is -2.12. The number of hydrogen-bond acceptors (Lipinski definition) is 4. The van der Waals surface area contributed by atoms with Crippen molar-refractivity contribution in [1.29, 1.82) is 0 Å². The minimum absolute atomic E-state index is 0. The first-order valence-corrected chi connectivity index (χ1v) is 4.04. The number of aryl methyl sites for hydroxylation is 1. The van der Waals surface area contributed by atoms with Crippen LogP contribution in [0.25, 0.3) is 0 Å². The highest BCUT2D eigenvalue weighted by Crippen LogP contribution is 2.27. The lowest BCUT2D eigenvalue weighted by atomic mass is 10.0. The highest BCUT2D eigenvalue weighted by atomic mass is 35.5. The average Bonchev–Trinajstić information content (AvgIpc) is 2.09. The third-order valence-electron chi connectivity index (χ3n) is 1.98. The van der Waals surface area contributed by atoms with Crippen molar-refractivity contribution in [2.24, 2.45) is 0 Å². The van der Waals surface area contributed by atoms with E-state index in [4.69, 9.17) is 5.11 Å². The van der Waals surface area contributed by atoms with Crippen LogP contribution in [0, 0.1) is 6.92 Å². The maximum Gasteiger partial charge on any atom is 0.142 e. The van der Waals surface area contributed by atoms with E-state index in [0.717, 1.165) is 0 Å². The van der Waals surface area contributed by atoms with Crippen LogP contribution >= 0.6 is 12.4 Å². The van der Waals surface area contributed by atoms with E-state index < -0.39 is 6.10 Å². The van der Waals surface area contributed by atoms with Gasteiger partial charge in [-0.1, -0.05) is 0 Å². The van der Waals surface area contributed by atoms with Crippen molar-refractivity contribution in [3.8, 4) is 5.75 Å². The van der Waals surface area contributed by atoms with Gasteiger partial charge in [-0.05, 0) is 13.8 Å². The fraction of sp³-hybridized carbons (Fsp3) is 0.444. The first-order chi connectivity index (χ1) is 6.07. The Kier molecular flexibility index (Phi) is 4.83. The molecule has 1 unspecified atom stereocenters. The lowest BCUT2D eigenvalue weighted by molar-refractivity contribution is 0.191. The third kappa shape index (κ3) is 2.35. The molecule has 0 spiro atoms. The largest absolute Gasteiger partial charge is 0.506 e. The molecule has 1 rings (SSSR count). The number of nitrogens with zero attached hydrogens (tertiary/aromatic N) is 1. The number of aromatic hydroxyl groups is 1. The zero-order chi connectivity index (χ0) is 10.0. The van der Waals surface area contributed by atoms with Crippen LogP contribution in [0.15, 0.2) is 6.20 Å². The van der Waals surface area contributed by atoms with Gasteiger partial charge >= 0.3 is 0 Å². The summed E-state index contributed by atoms with van der Waals surface area (Å²) in [6.45, 7) is 2.90. The van der Waals surface area contributed by atoms with Crippen molar-refractivity contribution in [3.05, 3.63) is 23.0 Å². The van der Waals surface area contributed by atoms with Crippen molar-refractivity contribution in [2.75, 3.05) is 0 Å². The predicted octanol–water partition coefficient (Wildman–Crippen LogP) is 1.06. The average molecular weight is 220 g/mol. The van der Waals surface area contributed by atoms with E-state index >= 15 is 0 Å². The number of aromatic nitrogens is 1. The predicted molar refractivity (Wildman–Crippen MR) is 54.4 cm³/mol. The van der Waals surface area contributed by atoms with Crippen molar-refractivity contribution >= 4 is 12.4 Å². The van der Waals surface area contributed by atoms with Gasteiger partial charge in [0.2, 0.25) is 0 Å². The molecule has 0 saturated heterocycles. The summed E-state index contributed by atoms with van der Waals surface area (Å²) in [5, 5.41) is 27.8. The summed E-state index contributed by atoms with van der Waals surface area (Å²) in [6.07, 6.45) is 0.729. The Morgan fingerprint density at radius 1 is 1.50 bits per heavy atom. The molecular weight excluding hydrogens is 206 g/mol. The highest BCUT2D eigenvalue weighted by molar-refractivity contribution is 5.85. The van der Waals surface area contributed by atoms with Crippen molar-refractivity contribution in [3.63, 3.8) is 0 Å². The van der Waals surface area contributed by atoms with Crippen LogP contribution in [-0.2, 0) is 6.61 Å². The topological polar surface area (TPSA) is 73.6 Å². The molecule has 1 atom stereocenters. The Balaban J connectivity index is 0.00000169. The van der Waals surface area contributed by atoms with Crippen LogP contribution in [-0.4, -0.2) is 20.3 Å². The fourth-order valence-corrected chi connectivity index (χ4v) is 1.19. The van der Waals surface area contributed by atoms with Gasteiger partial charge in [-0.3, -0.25) is 4.98 Å². The molecule has 1 heterocycles. The standard InChI is InChI=1S/C9H13NO3.ClH/c1-5-9(13)8(4-11)7(3-10-5)6(2)12;/h3,6,11-13H,4H2,1-2H3;1H. The number of aliphatic hydroxyl groups is 2. The Labute approximate surface area is 88.6 Å². The molecular formula is C9H14ClNO3. The number of aliphatic hydroxyl groups excluding tert-OH is 2. The summed E-state index contributed by atoms with van der Waals surface area (Å²) in [5.41, 5.74) is 1.27. The van der Waals surface area contributed by atoms with Gasteiger partial charge in [0.15, 0.2) is 0 Å². The van der Waals surface area contributed by atoms with E-state index in [0.29, 0.717) is 16.8 Å².